The molecular weight excluding hydrogens is 383 g/mol. The summed E-state index contributed by atoms with van der Waals surface area (Å²) in [4.78, 5) is 24.6. The van der Waals surface area contributed by atoms with E-state index >= 15 is 0 Å². The quantitative estimate of drug-likeness (QED) is 0.477. The number of unbranched alkanes of at least 4 members (excludes halogenated alkanes) is 1. The number of rotatable bonds is 8. The third-order valence-corrected chi connectivity index (χ3v) is 4.62. The number of carbonyl (C=O) groups is 2. The molecule has 3 aromatic rings. The molecule has 0 aliphatic rings. The summed E-state index contributed by atoms with van der Waals surface area (Å²) >= 11 is 0. The molecule has 0 spiro atoms. The number of benzene rings is 2. The number of nitrogens with zero attached hydrogens (tertiary/aromatic N) is 2. The van der Waals surface area contributed by atoms with Crippen LogP contribution in [0.2, 0.25) is 0 Å². The number of hydrogen-bond donors (Lipinski definition) is 2. The smallest absolute Gasteiger partial charge is 0.308 e. The molecular formula is C23H25FN4O2. The van der Waals surface area contributed by atoms with Crippen LogP contribution in [0.5, 0.6) is 0 Å². The number of anilines is 2. The van der Waals surface area contributed by atoms with Crippen LogP contribution in [0, 0.1) is 5.82 Å². The van der Waals surface area contributed by atoms with Gasteiger partial charge < -0.3 is 5.32 Å². The lowest BCUT2D eigenvalue weighted by Gasteiger charge is -2.11. The number of nitrogens with one attached hydrogen (secondary N) is 2. The van der Waals surface area contributed by atoms with Crippen LogP contribution in [0.4, 0.5) is 20.7 Å². The Hall–Kier alpha value is -3.48. The van der Waals surface area contributed by atoms with Crippen LogP contribution < -0.4 is 10.6 Å². The Kier molecular flexibility index (Phi) is 6.95. The zero-order valence-corrected chi connectivity index (χ0v) is 17.1. The van der Waals surface area contributed by atoms with Gasteiger partial charge >= 0.3 is 6.03 Å². The van der Waals surface area contributed by atoms with Gasteiger partial charge in [-0.3, -0.25) is 10.1 Å². The molecule has 1 aromatic heterocycles. The third kappa shape index (κ3) is 5.31. The van der Waals surface area contributed by atoms with Crippen molar-refractivity contribution >= 4 is 23.3 Å². The zero-order valence-electron chi connectivity index (χ0n) is 17.1. The SMILES string of the molecule is CCCCc1cc(NC(=O)Nc2ccc(F)cc2)n(-c2cccc(C(=O)CC)c2)n1. The van der Waals surface area contributed by atoms with E-state index < -0.39 is 6.03 Å². The van der Waals surface area contributed by atoms with E-state index in [1.54, 1.807) is 22.9 Å². The topological polar surface area (TPSA) is 76.0 Å². The lowest BCUT2D eigenvalue weighted by atomic mass is 10.1. The number of ketones is 1. The van der Waals surface area contributed by atoms with Crippen molar-refractivity contribution in [1.82, 2.24) is 9.78 Å². The molecule has 0 saturated carbocycles. The summed E-state index contributed by atoms with van der Waals surface area (Å²) in [5, 5.41) is 10.1. The number of carbonyl (C=O) groups excluding carboxylic acids is 2. The average Bonchev–Trinajstić information content (AvgIpc) is 3.15. The number of aromatic nitrogens is 2. The van der Waals surface area contributed by atoms with Gasteiger partial charge in [0.25, 0.3) is 0 Å². The highest BCUT2D eigenvalue weighted by molar-refractivity contribution is 5.99. The van der Waals surface area contributed by atoms with Gasteiger partial charge in [-0.15, -0.1) is 0 Å². The summed E-state index contributed by atoms with van der Waals surface area (Å²) in [6, 6.07) is 14.1. The lowest BCUT2D eigenvalue weighted by Crippen LogP contribution is -2.21. The van der Waals surface area contributed by atoms with Crippen molar-refractivity contribution in [2.45, 2.75) is 39.5 Å². The fourth-order valence-corrected chi connectivity index (χ4v) is 3.02. The summed E-state index contributed by atoms with van der Waals surface area (Å²) in [5.74, 6) is 0.154. The van der Waals surface area contributed by atoms with Crippen LogP contribution in [-0.2, 0) is 6.42 Å². The first kappa shape index (κ1) is 21.2. The third-order valence-electron chi connectivity index (χ3n) is 4.62. The van der Waals surface area contributed by atoms with Crippen molar-refractivity contribution in [2.24, 2.45) is 0 Å². The van der Waals surface area contributed by atoms with Gasteiger partial charge in [0.2, 0.25) is 0 Å². The van der Waals surface area contributed by atoms with Crippen molar-refractivity contribution in [3.05, 3.63) is 71.7 Å². The first-order chi connectivity index (χ1) is 14.5. The molecule has 0 saturated heterocycles. The molecule has 2 aromatic carbocycles. The molecule has 0 unspecified atom stereocenters. The molecule has 0 aliphatic heterocycles. The Morgan fingerprint density at radius 2 is 1.80 bits per heavy atom. The molecule has 0 aliphatic carbocycles. The van der Waals surface area contributed by atoms with Crippen LogP contribution in [0.15, 0.2) is 54.6 Å². The maximum absolute atomic E-state index is 13.1. The Labute approximate surface area is 175 Å². The number of halogens is 1. The summed E-state index contributed by atoms with van der Waals surface area (Å²) in [5.41, 5.74) is 2.61. The highest BCUT2D eigenvalue weighted by Crippen LogP contribution is 2.21. The van der Waals surface area contributed by atoms with Crippen LogP contribution in [0.3, 0.4) is 0 Å². The highest BCUT2D eigenvalue weighted by Gasteiger charge is 2.14. The molecule has 0 radical (unpaired) electrons. The van der Waals surface area contributed by atoms with E-state index in [-0.39, 0.29) is 11.6 Å². The van der Waals surface area contributed by atoms with Crippen molar-refractivity contribution in [2.75, 3.05) is 10.6 Å². The second-order valence-corrected chi connectivity index (χ2v) is 6.95. The van der Waals surface area contributed by atoms with E-state index in [4.69, 9.17) is 0 Å². The second-order valence-electron chi connectivity index (χ2n) is 6.95. The molecule has 2 N–H and O–H groups in total. The second kappa shape index (κ2) is 9.82. The van der Waals surface area contributed by atoms with Crippen molar-refractivity contribution in [3.8, 4) is 5.69 Å². The van der Waals surface area contributed by atoms with Gasteiger partial charge in [0.1, 0.15) is 11.6 Å². The molecule has 6 nitrogen and oxygen atoms in total. The maximum Gasteiger partial charge on any atom is 0.324 e. The van der Waals surface area contributed by atoms with Gasteiger partial charge in [0.15, 0.2) is 5.78 Å². The van der Waals surface area contributed by atoms with Crippen molar-refractivity contribution in [3.63, 3.8) is 0 Å². The van der Waals surface area contributed by atoms with E-state index in [0.29, 0.717) is 29.2 Å². The average molecular weight is 408 g/mol. The highest BCUT2D eigenvalue weighted by atomic mass is 19.1. The van der Waals surface area contributed by atoms with E-state index in [1.165, 1.54) is 24.3 Å². The van der Waals surface area contributed by atoms with Crippen molar-refractivity contribution in [1.29, 1.82) is 0 Å². The molecule has 30 heavy (non-hydrogen) atoms. The number of Topliss-reactive ketones (excluding diaryl/α,β-unsaturated/α-hetero) is 1. The standard InChI is InChI=1S/C23H25FN4O2/c1-3-5-8-19-15-22(26-23(30)25-18-12-10-17(24)11-13-18)28(27-19)20-9-6-7-16(14-20)21(29)4-2/h6-7,9-15H,3-5,8H2,1-2H3,(H2,25,26,30). The van der Waals surface area contributed by atoms with Crippen LogP contribution in [0.25, 0.3) is 5.69 Å². The van der Waals surface area contributed by atoms with Crippen LogP contribution in [0.1, 0.15) is 49.2 Å². The minimum absolute atomic E-state index is 0.0405. The first-order valence-electron chi connectivity index (χ1n) is 10.1. The minimum Gasteiger partial charge on any atom is -0.308 e. The molecule has 3 rings (SSSR count). The Morgan fingerprint density at radius 1 is 1.03 bits per heavy atom. The number of aryl methyl sites for hydroxylation is 1. The number of amides is 2. The largest absolute Gasteiger partial charge is 0.324 e. The van der Waals surface area contributed by atoms with E-state index in [9.17, 15) is 14.0 Å². The van der Waals surface area contributed by atoms with Gasteiger partial charge in [-0.25, -0.2) is 13.9 Å². The minimum atomic E-state index is -0.467. The number of urea groups is 1. The Morgan fingerprint density at radius 3 is 2.50 bits per heavy atom. The molecule has 2 amide bonds. The van der Waals surface area contributed by atoms with Gasteiger partial charge in [0.05, 0.1) is 11.4 Å². The normalized spacial score (nSPS) is 10.6. The summed E-state index contributed by atoms with van der Waals surface area (Å²) in [7, 11) is 0. The summed E-state index contributed by atoms with van der Waals surface area (Å²) < 4.78 is 14.7. The molecule has 1 heterocycles. The van der Waals surface area contributed by atoms with E-state index in [1.807, 2.05) is 19.1 Å². The molecule has 0 atom stereocenters. The predicted molar refractivity (Wildman–Crippen MR) is 116 cm³/mol. The molecule has 0 bridgehead atoms. The zero-order chi connectivity index (χ0) is 21.5. The Balaban J connectivity index is 1.87. The first-order valence-corrected chi connectivity index (χ1v) is 10.1. The fourth-order valence-electron chi connectivity index (χ4n) is 3.02. The van der Waals surface area contributed by atoms with Gasteiger partial charge in [-0.1, -0.05) is 32.4 Å². The molecule has 156 valence electrons. The van der Waals surface area contributed by atoms with Crippen molar-refractivity contribution < 1.29 is 14.0 Å². The predicted octanol–water partition coefficient (Wildman–Crippen LogP) is 5.59. The van der Waals surface area contributed by atoms with Gasteiger partial charge in [-0.05, 0) is 49.2 Å². The monoisotopic (exact) mass is 408 g/mol. The fraction of sp³-hybridized carbons (Fsp3) is 0.261. The van der Waals surface area contributed by atoms with E-state index in [2.05, 4.69) is 22.7 Å². The molecule has 7 heteroatoms. The van der Waals surface area contributed by atoms with Gasteiger partial charge in [-0.2, -0.15) is 5.10 Å². The summed E-state index contributed by atoms with van der Waals surface area (Å²) in [6.07, 6.45) is 3.20. The maximum atomic E-state index is 13.1. The number of hydrogen-bond acceptors (Lipinski definition) is 3. The van der Waals surface area contributed by atoms with Crippen LogP contribution in [-0.4, -0.2) is 21.6 Å². The van der Waals surface area contributed by atoms with E-state index in [0.717, 1.165) is 25.0 Å². The molecule has 0 fully saturated rings. The summed E-state index contributed by atoms with van der Waals surface area (Å²) in [6.45, 7) is 3.92. The lowest BCUT2D eigenvalue weighted by molar-refractivity contribution is 0.0988. The van der Waals surface area contributed by atoms with Crippen LogP contribution >= 0.6 is 0 Å². The van der Waals surface area contributed by atoms with Gasteiger partial charge in [0, 0.05) is 23.7 Å². The Bertz CT molecular complexity index is 1030.